The molecule has 0 atom stereocenters. The van der Waals surface area contributed by atoms with Crippen LogP contribution in [0.25, 0.3) is 20.4 Å². The van der Waals surface area contributed by atoms with Crippen LogP contribution in [0.15, 0.2) is 45.3 Å². The second-order valence-corrected chi connectivity index (χ2v) is 9.75. The molecule has 2 aromatic carbocycles. The van der Waals surface area contributed by atoms with E-state index in [2.05, 4.69) is 52.5 Å². The maximum absolute atomic E-state index is 12.1. The summed E-state index contributed by atoms with van der Waals surface area (Å²) < 4.78 is 3.87. The highest BCUT2D eigenvalue weighted by molar-refractivity contribution is 9.10. The van der Waals surface area contributed by atoms with E-state index in [1.165, 1.54) is 22.7 Å². The first-order valence-electron chi connectivity index (χ1n) is 8.18. The smallest absolute Gasteiger partial charge is 0.226 e. The third kappa shape index (κ3) is 4.57. The van der Waals surface area contributed by atoms with Crippen molar-refractivity contribution in [2.24, 2.45) is 0 Å². The van der Waals surface area contributed by atoms with Crippen LogP contribution >= 0.6 is 54.5 Å². The van der Waals surface area contributed by atoms with Gasteiger partial charge in [-0.05, 0) is 36.4 Å². The van der Waals surface area contributed by atoms with E-state index in [9.17, 15) is 9.59 Å². The number of rotatable bonds is 5. The molecule has 142 valence electrons. The molecule has 0 fully saturated rings. The molecule has 2 aromatic heterocycles. The largest absolute Gasteiger partial charge is 0.302 e. The van der Waals surface area contributed by atoms with Crippen LogP contribution in [-0.2, 0) is 9.59 Å². The van der Waals surface area contributed by atoms with Gasteiger partial charge in [-0.25, -0.2) is 9.97 Å². The Morgan fingerprint density at radius 3 is 1.64 bits per heavy atom. The first-order valence-corrected chi connectivity index (χ1v) is 11.4. The summed E-state index contributed by atoms with van der Waals surface area (Å²) in [6.45, 7) is 0. The maximum Gasteiger partial charge on any atom is 0.226 e. The van der Waals surface area contributed by atoms with E-state index in [-0.39, 0.29) is 24.7 Å². The summed E-state index contributed by atoms with van der Waals surface area (Å²) >= 11 is 9.62. The molecule has 0 aliphatic carbocycles. The summed E-state index contributed by atoms with van der Waals surface area (Å²) in [6.07, 6.45) is 0.143. The number of nitrogens with one attached hydrogen (secondary N) is 2. The first kappa shape index (κ1) is 19.4. The van der Waals surface area contributed by atoms with Crippen molar-refractivity contribution in [3.63, 3.8) is 0 Å². The average Bonchev–Trinajstić information content (AvgIpc) is 3.21. The van der Waals surface area contributed by atoms with Gasteiger partial charge in [0.25, 0.3) is 0 Å². The standard InChI is InChI=1S/C18H12Br2N4O2S2/c19-9-1-3-11-13(7-9)27-17(21-11)23-15(25)5-6-16(26)24-18-22-12-4-2-10(20)8-14(12)28-18/h1-4,7-8H,5-6H2,(H,21,23,25)(H,22,24,26). The van der Waals surface area contributed by atoms with Crippen LogP contribution < -0.4 is 10.6 Å². The van der Waals surface area contributed by atoms with Crippen LogP contribution in [0.3, 0.4) is 0 Å². The van der Waals surface area contributed by atoms with E-state index in [0.717, 1.165) is 29.4 Å². The lowest BCUT2D eigenvalue weighted by Gasteiger charge is -2.02. The molecule has 0 saturated heterocycles. The third-order valence-corrected chi connectivity index (χ3v) is 6.63. The Labute approximate surface area is 184 Å². The number of amides is 2. The molecule has 2 heterocycles. The Morgan fingerprint density at radius 1 is 0.786 bits per heavy atom. The molecule has 2 amide bonds. The summed E-state index contributed by atoms with van der Waals surface area (Å²) in [7, 11) is 0. The Hall–Kier alpha value is -1.88. The fraction of sp³-hybridized carbons (Fsp3) is 0.111. The van der Waals surface area contributed by atoms with E-state index in [1.807, 2.05) is 36.4 Å². The zero-order valence-electron chi connectivity index (χ0n) is 14.2. The highest BCUT2D eigenvalue weighted by Gasteiger charge is 2.12. The lowest BCUT2D eigenvalue weighted by atomic mass is 10.3. The molecule has 0 bridgehead atoms. The highest BCUT2D eigenvalue weighted by atomic mass is 79.9. The highest BCUT2D eigenvalue weighted by Crippen LogP contribution is 2.29. The molecule has 28 heavy (non-hydrogen) atoms. The number of aromatic nitrogens is 2. The van der Waals surface area contributed by atoms with Gasteiger partial charge in [0.2, 0.25) is 11.8 Å². The molecule has 4 aromatic rings. The van der Waals surface area contributed by atoms with Crippen LogP contribution in [0.4, 0.5) is 10.3 Å². The molecule has 2 N–H and O–H groups in total. The summed E-state index contributed by atoms with van der Waals surface area (Å²) in [5.74, 6) is -0.497. The molecular formula is C18H12Br2N4O2S2. The molecule has 6 nitrogen and oxygen atoms in total. The van der Waals surface area contributed by atoms with Crippen LogP contribution in [-0.4, -0.2) is 21.8 Å². The molecule has 10 heteroatoms. The summed E-state index contributed by atoms with van der Waals surface area (Å²) in [5.41, 5.74) is 1.65. The zero-order valence-corrected chi connectivity index (χ0v) is 19.0. The van der Waals surface area contributed by atoms with Crippen molar-refractivity contribution in [3.8, 4) is 0 Å². The molecule has 4 rings (SSSR count). The minimum absolute atomic E-state index is 0.0713. The predicted molar refractivity (Wildman–Crippen MR) is 121 cm³/mol. The van der Waals surface area contributed by atoms with E-state index in [0.29, 0.717) is 10.3 Å². The van der Waals surface area contributed by atoms with Crippen LogP contribution in [0, 0.1) is 0 Å². The van der Waals surface area contributed by atoms with Gasteiger partial charge in [-0.1, -0.05) is 54.5 Å². The first-order chi connectivity index (χ1) is 13.5. The van der Waals surface area contributed by atoms with Crippen molar-refractivity contribution >= 4 is 97.0 Å². The SMILES string of the molecule is O=C(CCC(=O)Nc1nc2ccc(Br)cc2s1)Nc1nc2ccc(Br)cc2s1. The third-order valence-electron chi connectivity index (χ3n) is 3.77. The number of thiazole rings is 2. The van der Waals surface area contributed by atoms with Gasteiger partial charge in [0.1, 0.15) is 0 Å². The van der Waals surface area contributed by atoms with Gasteiger partial charge >= 0.3 is 0 Å². The molecule has 0 radical (unpaired) electrons. The predicted octanol–water partition coefficient (Wildman–Crippen LogP) is 5.79. The molecular weight excluding hydrogens is 528 g/mol. The quantitative estimate of drug-likeness (QED) is 0.336. The number of carbonyl (C=O) groups excluding carboxylic acids is 2. The van der Waals surface area contributed by atoms with Gasteiger partial charge in [0, 0.05) is 21.8 Å². The van der Waals surface area contributed by atoms with Gasteiger partial charge in [0.15, 0.2) is 10.3 Å². The fourth-order valence-electron chi connectivity index (χ4n) is 2.49. The molecule has 0 saturated carbocycles. The van der Waals surface area contributed by atoms with Crippen LogP contribution in [0.5, 0.6) is 0 Å². The van der Waals surface area contributed by atoms with Crippen molar-refractivity contribution in [2.75, 3.05) is 10.6 Å². The Morgan fingerprint density at radius 2 is 1.21 bits per heavy atom. The Kier molecular flexibility index (Phi) is 5.72. The number of benzene rings is 2. The summed E-state index contributed by atoms with van der Waals surface area (Å²) in [5, 5.41) is 6.55. The lowest BCUT2D eigenvalue weighted by molar-refractivity contribution is -0.121. The number of hydrogen-bond donors (Lipinski definition) is 2. The second-order valence-electron chi connectivity index (χ2n) is 5.86. The molecule has 0 spiro atoms. The Balaban J connectivity index is 1.32. The van der Waals surface area contributed by atoms with Gasteiger partial charge in [-0.3, -0.25) is 9.59 Å². The number of hydrogen-bond acceptors (Lipinski definition) is 6. The van der Waals surface area contributed by atoms with Crippen molar-refractivity contribution in [3.05, 3.63) is 45.3 Å². The number of nitrogens with zero attached hydrogens (tertiary/aromatic N) is 2. The van der Waals surface area contributed by atoms with E-state index >= 15 is 0 Å². The second kappa shape index (κ2) is 8.24. The minimum Gasteiger partial charge on any atom is -0.302 e. The average molecular weight is 540 g/mol. The fourth-order valence-corrected chi connectivity index (χ4v) is 5.36. The molecule has 0 unspecified atom stereocenters. The number of anilines is 2. The van der Waals surface area contributed by atoms with Crippen LogP contribution in [0.2, 0.25) is 0 Å². The maximum atomic E-state index is 12.1. The van der Waals surface area contributed by atoms with Gasteiger partial charge < -0.3 is 10.6 Å². The van der Waals surface area contributed by atoms with E-state index in [1.54, 1.807) is 0 Å². The van der Waals surface area contributed by atoms with Crippen molar-refractivity contribution in [2.45, 2.75) is 12.8 Å². The van der Waals surface area contributed by atoms with Crippen LogP contribution in [0.1, 0.15) is 12.8 Å². The molecule has 0 aliphatic heterocycles. The number of halogens is 2. The normalized spacial score (nSPS) is 11.1. The van der Waals surface area contributed by atoms with Crippen molar-refractivity contribution in [1.82, 2.24) is 9.97 Å². The zero-order chi connectivity index (χ0) is 19.7. The van der Waals surface area contributed by atoms with Crippen molar-refractivity contribution < 1.29 is 9.59 Å². The number of fused-ring (bicyclic) bond motifs is 2. The van der Waals surface area contributed by atoms with Gasteiger partial charge in [-0.15, -0.1) is 0 Å². The minimum atomic E-state index is -0.249. The number of carbonyl (C=O) groups is 2. The Bertz CT molecular complexity index is 1110. The summed E-state index contributed by atoms with van der Waals surface area (Å²) in [4.78, 5) is 33.0. The monoisotopic (exact) mass is 538 g/mol. The molecule has 0 aliphatic rings. The van der Waals surface area contributed by atoms with E-state index < -0.39 is 0 Å². The lowest BCUT2D eigenvalue weighted by Crippen LogP contribution is -2.17. The summed E-state index contributed by atoms with van der Waals surface area (Å²) in [6, 6.07) is 11.5. The van der Waals surface area contributed by atoms with E-state index in [4.69, 9.17) is 0 Å². The van der Waals surface area contributed by atoms with Gasteiger partial charge in [0.05, 0.1) is 20.4 Å². The van der Waals surface area contributed by atoms with Crippen molar-refractivity contribution in [1.29, 1.82) is 0 Å². The van der Waals surface area contributed by atoms with Gasteiger partial charge in [-0.2, -0.15) is 0 Å². The topological polar surface area (TPSA) is 84.0 Å².